The van der Waals surface area contributed by atoms with Gasteiger partial charge >= 0.3 is 0 Å². The van der Waals surface area contributed by atoms with E-state index in [2.05, 4.69) is 70.4 Å². The lowest BCUT2D eigenvalue weighted by molar-refractivity contribution is 0.0183. The van der Waals surface area contributed by atoms with Crippen molar-refractivity contribution in [3.8, 4) is 22.8 Å². The van der Waals surface area contributed by atoms with E-state index < -0.39 is 0 Å². The maximum Gasteiger partial charge on any atom is 0.0894 e. The summed E-state index contributed by atoms with van der Waals surface area (Å²) in [5, 5.41) is 0. The van der Waals surface area contributed by atoms with E-state index in [0.29, 0.717) is 22.7 Å². The first kappa shape index (κ1) is 19.0. The van der Waals surface area contributed by atoms with Crippen LogP contribution in [0.15, 0.2) is 42.7 Å². The van der Waals surface area contributed by atoms with Gasteiger partial charge in [-0.3, -0.25) is 9.97 Å². The number of aromatic nitrogens is 3. The van der Waals surface area contributed by atoms with Crippen LogP contribution >= 0.6 is 0 Å². The lowest BCUT2D eigenvalue weighted by atomic mass is 9.47. The molecule has 3 aromatic rings. The molecule has 0 aliphatic heterocycles. The zero-order valence-corrected chi connectivity index (χ0v) is 19.5. The molecule has 0 amide bonds. The molecule has 162 valence electrons. The van der Waals surface area contributed by atoms with E-state index in [1.54, 1.807) is 0 Å². The molecular formula is C29H31N3. The van der Waals surface area contributed by atoms with Gasteiger partial charge in [-0.2, -0.15) is 0 Å². The van der Waals surface area contributed by atoms with Crippen molar-refractivity contribution in [3.63, 3.8) is 0 Å². The van der Waals surface area contributed by atoms with Crippen molar-refractivity contribution in [1.82, 2.24) is 15.0 Å². The number of hydrogen-bond donors (Lipinski definition) is 0. The summed E-state index contributed by atoms with van der Waals surface area (Å²) >= 11 is 0. The van der Waals surface area contributed by atoms with Crippen molar-refractivity contribution < 1.29 is 0 Å². The maximum absolute atomic E-state index is 5.00. The lowest BCUT2D eigenvalue weighted by Gasteiger charge is -2.57. The third-order valence-electron chi connectivity index (χ3n) is 9.95. The van der Waals surface area contributed by atoms with Crippen molar-refractivity contribution in [3.05, 3.63) is 65.0 Å². The minimum absolute atomic E-state index is 0.433. The molecule has 4 bridgehead atoms. The van der Waals surface area contributed by atoms with Crippen LogP contribution in [0, 0.1) is 22.7 Å². The Labute approximate surface area is 190 Å². The summed E-state index contributed by atoms with van der Waals surface area (Å²) in [5.41, 5.74) is 10.7. The molecule has 32 heavy (non-hydrogen) atoms. The smallest absolute Gasteiger partial charge is 0.0894 e. The Morgan fingerprint density at radius 1 is 0.688 bits per heavy atom. The molecular weight excluding hydrogens is 390 g/mol. The van der Waals surface area contributed by atoms with Gasteiger partial charge in [-0.1, -0.05) is 33.8 Å². The average Bonchev–Trinajstić information content (AvgIpc) is 2.82. The van der Waals surface area contributed by atoms with Gasteiger partial charge in [0.2, 0.25) is 0 Å². The molecule has 6 aliphatic rings. The molecule has 0 unspecified atom stereocenters. The first-order valence-electron chi connectivity index (χ1n) is 12.3. The fraction of sp³-hybridized carbons (Fsp3) is 0.483. The van der Waals surface area contributed by atoms with Gasteiger partial charge < -0.3 is 0 Å². The Kier molecular flexibility index (Phi) is 3.60. The van der Waals surface area contributed by atoms with Crippen LogP contribution in [0.4, 0.5) is 0 Å². The summed E-state index contributed by atoms with van der Waals surface area (Å²) in [4.78, 5) is 14.7. The molecule has 3 nitrogen and oxygen atoms in total. The zero-order valence-electron chi connectivity index (χ0n) is 19.5. The highest BCUT2D eigenvalue weighted by atomic mass is 14.8. The minimum Gasteiger partial charge on any atom is -0.254 e. The third-order valence-corrected chi connectivity index (χ3v) is 9.95. The topological polar surface area (TPSA) is 38.7 Å². The van der Waals surface area contributed by atoms with Crippen LogP contribution in [-0.4, -0.2) is 15.0 Å². The van der Waals surface area contributed by atoms with Gasteiger partial charge in [0.1, 0.15) is 0 Å². The summed E-state index contributed by atoms with van der Waals surface area (Å²) in [7, 11) is 0. The second kappa shape index (κ2) is 6.07. The van der Waals surface area contributed by atoms with Crippen LogP contribution in [0.1, 0.15) is 74.6 Å². The number of hydrogen-bond acceptors (Lipinski definition) is 3. The largest absolute Gasteiger partial charge is 0.254 e. The highest BCUT2D eigenvalue weighted by Crippen LogP contribution is 2.63. The first-order chi connectivity index (χ1) is 15.3. The molecule has 2 saturated carbocycles. The maximum atomic E-state index is 5.00. The molecule has 4 atom stereocenters. The highest BCUT2D eigenvalue weighted by Gasteiger charge is 2.53. The summed E-state index contributed by atoms with van der Waals surface area (Å²) in [5.74, 6) is 2.97. The second-order valence-electron chi connectivity index (χ2n) is 12.0. The Bertz CT molecular complexity index is 1180. The van der Waals surface area contributed by atoms with Crippen LogP contribution in [0.5, 0.6) is 0 Å². The molecule has 0 saturated heterocycles. The van der Waals surface area contributed by atoms with E-state index in [1.165, 1.54) is 47.9 Å². The predicted octanol–water partition coefficient (Wildman–Crippen LogP) is 6.58. The minimum atomic E-state index is 0.433. The second-order valence-corrected chi connectivity index (χ2v) is 12.0. The average molecular weight is 422 g/mol. The van der Waals surface area contributed by atoms with Crippen molar-refractivity contribution in [2.45, 2.75) is 65.2 Å². The Balaban J connectivity index is 1.22. The fourth-order valence-electron chi connectivity index (χ4n) is 7.31. The summed E-state index contributed by atoms with van der Waals surface area (Å²) in [6.45, 7) is 9.68. The van der Waals surface area contributed by atoms with Gasteiger partial charge in [-0.15, -0.1) is 0 Å². The zero-order chi connectivity index (χ0) is 21.8. The quantitative estimate of drug-likeness (QED) is 0.469. The third kappa shape index (κ3) is 2.40. The van der Waals surface area contributed by atoms with Crippen LogP contribution in [-0.2, 0) is 12.8 Å². The Hall–Kier alpha value is -2.55. The number of pyridine rings is 3. The number of rotatable bonds is 2. The van der Waals surface area contributed by atoms with Gasteiger partial charge in [0.25, 0.3) is 0 Å². The molecule has 0 spiro atoms. The molecule has 0 radical (unpaired) electrons. The SMILES string of the molecule is CC1(C)[C@@H]2Cc3cc(-c4cccc(-c5cc6c(cn5)[C@H]5C[C@@H](C6)C5(C)C)n4)ncc3[C@H]1C2. The van der Waals surface area contributed by atoms with Gasteiger partial charge in [0.15, 0.2) is 0 Å². The normalized spacial score (nSPS) is 29.9. The van der Waals surface area contributed by atoms with Crippen LogP contribution in [0.25, 0.3) is 22.8 Å². The van der Waals surface area contributed by atoms with Crippen molar-refractivity contribution in [2.75, 3.05) is 0 Å². The molecule has 3 heteroatoms. The molecule has 6 aliphatic carbocycles. The van der Waals surface area contributed by atoms with E-state index >= 15 is 0 Å². The summed E-state index contributed by atoms with van der Waals surface area (Å²) in [6.07, 6.45) is 9.28. The monoisotopic (exact) mass is 421 g/mol. The van der Waals surface area contributed by atoms with Gasteiger partial charge in [0, 0.05) is 12.4 Å². The molecule has 9 rings (SSSR count). The Morgan fingerprint density at radius 3 is 1.59 bits per heavy atom. The fourth-order valence-corrected chi connectivity index (χ4v) is 7.31. The lowest BCUT2D eigenvalue weighted by Crippen LogP contribution is -2.48. The van der Waals surface area contributed by atoms with E-state index in [9.17, 15) is 0 Å². The van der Waals surface area contributed by atoms with Crippen LogP contribution in [0.2, 0.25) is 0 Å². The van der Waals surface area contributed by atoms with E-state index in [-0.39, 0.29) is 0 Å². The van der Waals surface area contributed by atoms with E-state index in [4.69, 9.17) is 15.0 Å². The molecule has 0 N–H and O–H groups in total. The summed E-state index contributed by atoms with van der Waals surface area (Å²) in [6, 6.07) is 10.9. The highest BCUT2D eigenvalue weighted by molar-refractivity contribution is 5.64. The van der Waals surface area contributed by atoms with Crippen molar-refractivity contribution in [2.24, 2.45) is 22.7 Å². The van der Waals surface area contributed by atoms with Crippen LogP contribution < -0.4 is 0 Å². The molecule has 0 aromatic carbocycles. The summed E-state index contributed by atoms with van der Waals surface area (Å²) < 4.78 is 0. The van der Waals surface area contributed by atoms with E-state index in [0.717, 1.165) is 34.6 Å². The van der Waals surface area contributed by atoms with Gasteiger partial charge in [-0.05, 0) is 107 Å². The first-order valence-corrected chi connectivity index (χ1v) is 12.3. The standard InChI is InChI=1S/C29H31N3/c1-28(2)18-8-16-10-26(30-14-20(16)22(28)12-18)24-6-5-7-25(32-24)27-11-17-9-19-13-23(29(19,3)4)21(17)15-31-27/h5-7,10-11,14-15,18-19,22-23H,8-9,12-13H2,1-4H3/t18-,19-,22-,23-/m1/s1. The van der Waals surface area contributed by atoms with Gasteiger partial charge in [0.05, 0.1) is 22.8 Å². The van der Waals surface area contributed by atoms with Crippen molar-refractivity contribution >= 4 is 0 Å². The molecule has 3 aromatic heterocycles. The molecule has 3 heterocycles. The van der Waals surface area contributed by atoms with E-state index in [1.807, 2.05) is 0 Å². The number of nitrogens with zero attached hydrogens (tertiary/aromatic N) is 3. The van der Waals surface area contributed by atoms with Crippen molar-refractivity contribution in [1.29, 1.82) is 0 Å². The van der Waals surface area contributed by atoms with Crippen LogP contribution in [0.3, 0.4) is 0 Å². The van der Waals surface area contributed by atoms with Gasteiger partial charge in [-0.25, -0.2) is 4.98 Å². The molecule has 2 fully saturated rings. The predicted molar refractivity (Wildman–Crippen MR) is 127 cm³/mol. The Morgan fingerprint density at radius 2 is 1.16 bits per heavy atom.